The maximum Gasteiger partial charge on any atom is 0.271 e. The topological polar surface area (TPSA) is 89.8 Å². The Bertz CT molecular complexity index is 584. The van der Waals surface area contributed by atoms with Crippen LogP contribution in [0.3, 0.4) is 0 Å². The van der Waals surface area contributed by atoms with Crippen molar-refractivity contribution in [2.75, 3.05) is 11.4 Å². The number of nitro groups is 1. The number of Topliss-reactive ketones (excluding diaryl/α,β-unsaturated/α-hetero) is 1. The summed E-state index contributed by atoms with van der Waals surface area (Å²) < 4.78 is 5.51. The van der Waals surface area contributed by atoms with Crippen molar-refractivity contribution in [3.63, 3.8) is 0 Å². The fourth-order valence-electron chi connectivity index (χ4n) is 2.07. The largest absolute Gasteiger partial charge is 0.478 e. The lowest BCUT2D eigenvalue weighted by Crippen LogP contribution is -2.47. The number of nitrogens with zero attached hydrogens (tertiary/aromatic N) is 2. The molecule has 7 heteroatoms. The van der Waals surface area contributed by atoms with E-state index in [2.05, 4.69) is 0 Å². The number of hydrogen-bond acceptors (Lipinski definition) is 5. The number of non-ortho nitro benzene ring substituents is 1. The summed E-state index contributed by atoms with van der Waals surface area (Å²) in [6.07, 6.45) is -0.202. The molecule has 0 fully saturated rings. The van der Waals surface area contributed by atoms with E-state index in [1.165, 1.54) is 30.0 Å². The molecule has 1 amide bonds. The average Bonchev–Trinajstić information content (AvgIpc) is 2.40. The molecular weight excluding hydrogens is 264 g/mol. The van der Waals surface area contributed by atoms with Crippen molar-refractivity contribution in [3.05, 3.63) is 28.3 Å². The first kappa shape index (κ1) is 14.0. The molecule has 0 aliphatic carbocycles. The Hall–Kier alpha value is -2.44. The van der Waals surface area contributed by atoms with Gasteiger partial charge in [-0.05, 0) is 19.4 Å². The second-order valence-electron chi connectivity index (χ2n) is 4.55. The molecule has 1 heterocycles. The van der Waals surface area contributed by atoms with E-state index in [9.17, 15) is 19.7 Å². The number of nitro benzene ring substituents is 1. The van der Waals surface area contributed by atoms with Gasteiger partial charge in [0.15, 0.2) is 6.10 Å². The molecule has 1 aromatic carbocycles. The van der Waals surface area contributed by atoms with Crippen molar-refractivity contribution in [2.24, 2.45) is 0 Å². The van der Waals surface area contributed by atoms with Gasteiger partial charge in [0.2, 0.25) is 0 Å². The summed E-state index contributed by atoms with van der Waals surface area (Å²) in [4.78, 5) is 35.0. The third-order valence-electron chi connectivity index (χ3n) is 3.01. The molecule has 0 N–H and O–H groups in total. The van der Waals surface area contributed by atoms with E-state index in [1.54, 1.807) is 6.92 Å². The zero-order valence-corrected chi connectivity index (χ0v) is 11.2. The van der Waals surface area contributed by atoms with Gasteiger partial charge in [-0.25, -0.2) is 0 Å². The molecule has 0 saturated heterocycles. The summed E-state index contributed by atoms with van der Waals surface area (Å²) >= 11 is 0. The Balaban J connectivity index is 2.50. The number of carbonyl (C=O) groups excluding carboxylic acids is 2. The van der Waals surface area contributed by atoms with E-state index in [0.29, 0.717) is 12.2 Å². The Morgan fingerprint density at radius 1 is 1.50 bits per heavy atom. The number of anilines is 1. The van der Waals surface area contributed by atoms with Crippen molar-refractivity contribution in [2.45, 2.75) is 26.4 Å². The molecule has 1 aliphatic rings. The van der Waals surface area contributed by atoms with Gasteiger partial charge in [0, 0.05) is 12.1 Å². The van der Waals surface area contributed by atoms with Gasteiger partial charge in [0.25, 0.3) is 11.6 Å². The van der Waals surface area contributed by atoms with Crippen molar-refractivity contribution in [1.29, 1.82) is 0 Å². The molecule has 7 nitrogen and oxygen atoms in total. The summed E-state index contributed by atoms with van der Waals surface area (Å²) in [6, 6.07) is 4.02. The van der Waals surface area contributed by atoms with Crippen LogP contribution in [0.1, 0.15) is 20.3 Å². The van der Waals surface area contributed by atoms with Gasteiger partial charge in [0.1, 0.15) is 11.5 Å². The number of amides is 1. The normalized spacial score (nSPS) is 17.4. The van der Waals surface area contributed by atoms with Crippen molar-refractivity contribution in [3.8, 4) is 5.75 Å². The van der Waals surface area contributed by atoms with Crippen LogP contribution in [0.5, 0.6) is 5.75 Å². The number of ether oxygens (including phenoxy) is 1. The Morgan fingerprint density at radius 2 is 2.20 bits per heavy atom. The van der Waals surface area contributed by atoms with Crippen LogP contribution in [0.2, 0.25) is 0 Å². The maximum absolute atomic E-state index is 12.2. The lowest BCUT2D eigenvalue weighted by molar-refractivity contribution is -0.384. The minimum absolute atomic E-state index is 0.118. The average molecular weight is 278 g/mol. The van der Waals surface area contributed by atoms with Crippen LogP contribution in [-0.4, -0.2) is 29.3 Å². The fraction of sp³-hybridized carbons (Fsp3) is 0.385. The van der Waals surface area contributed by atoms with E-state index in [0.717, 1.165) is 0 Å². The van der Waals surface area contributed by atoms with Crippen molar-refractivity contribution < 1.29 is 19.2 Å². The number of benzene rings is 1. The van der Waals surface area contributed by atoms with E-state index in [4.69, 9.17) is 4.74 Å². The first-order chi connectivity index (χ1) is 9.43. The van der Waals surface area contributed by atoms with Gasteiger partial charge >= 0.3 is 0 Å². The third-order valence-corrected chi connectivity index (χ3v) is 3.01. The molecule has 20 heavy (non-hydrogen) atoms. The second-order valence-corrected chi connectivity index (χ2v) is 4.55. The number of carbonyl (C=O) groups is 2. The maximum atomic E-state index is 12.2. The second kappa shape index (κ2) is 5.28. The van der Waals surface area contributed by atoms with Crippen LogP contribution in [0.4, 0.5) is 11.4 Å². The SMILES string of the molecule is CCC1Oc2ccc([N+](=O)[O-])cc2N(CC(C)=O)C1=O. The Kier molecular flexibility index (Phi) is 3.69. The predicted octanol–water partition coefficient (Wildman–Crippen LogP) is 1.69. The summed E-state index contributed by atoms with van der Waals surface area (Å²) in [5.74, 6) is -0.174. The summed E-state index contributed by atoms with van der Waals surface area (Å²) in [6.45, 7) is 3.04. The molecule has 0 saturated carbocycles. The highest BCUT2D eigenvalue weighted by molar-refractivity contribution is 6.04. The monoisotopic (exact) mass is 278 g/mol. The Morgan fingerprint density at radius 3 is 2.75 bits per heavy atom. The molecule has 2 rings (SSSR count). The van der Waals surface area contributed by atoms with Crippen LogP contribution in [0, 0.1) is 10.1 Å². The first-order valence-electron chi connectivity index (χ1n) is 6.20. The molecule has 1 atom stereocenters. The number of rotatable bonds is 4. The van der Waals surface area contributed by atoms with Gasteiger partial charge in [-0.1, -0.05) is 6.92 Å². The molecule has 0 bridgehead atoms. The third kappa shape index (κ3) is 2.47. The molecular formula is C13H14N2O5. The predicted molar refractivity (Wildman–Crippen MR) is 70.8 cm³/mol. The molecule has 1 aliphatic heterocycles. The molecule has 0 aromatic heterocycles. The molecule has 106 valence electrons. The summed E-state index contributed by atoms with van der Waals surface area (Å²) in [5.41, 5.74) is 0.118. The highest BCUT2D eigenvalue weighted by atomic mass is 16.6. The van der Waals surface area contributed by atoms with Crippen molar-refractivity contribution in [1.82, 2.24) is 0 Å². The van der Waals surface area contributed by atoms with Gasteiger partial charge in [-0.15, -0.1) is 0 Å². The zero-order valence-electron chi connectivity index (χ0n) is 11.2. The van der Waals surface area contributed by atoms with Gasteiger partial charge in [0.05, 0.1) is 17.2 Å². The van der Waals surface area contributed by atoms with Crippen LogP contribution < -0.4 is 9.64 Å². The van der Waals surface area contributed by atoms with Crippen LogP contribution in [0.15, 0.2) is 18.2 Å². The Labute approximate surface area is 115 Å². The minimum Gasteiger partial charge on any atom is -0.478 e. The highest BCUT2D eigenvalue weighted by Gasteiger charge is 2.34. The zero-order chi connectivity index (χ0) is 14.9. The van der Waals surface area contributed by atoms with Gasteiger partial charge < -0.3 is 4.74 Å². The van der Waals surface area contributed by atoms with Gasteiger partial charge in [-0.2, -0.15) is 0 Å². The van der Waals surface area contributed by atoms with E-state index >= 15 is 0 Å². The van der Waals surface area contributed by atoms with E-state index in [1.807, 2.05) is 0 Å². The molecule has 0 radical (unpaired) electrons. The number of hydrogen-bond donors (Lipinski definition) is 0. The van der Waals surface area contributed by atoms with Crippen LogP contribution in [0.25, 0.3) is 0 Å². The van der Waals surface area contributed by atoms with Crippen LogP contribution in [-0.2, 0) is 9.59 Å². The lowest BCUT2D eigenvalue weighted by atomic mass is 10.1. The quantitative estimate of drug-likeness (QED) is 0.617. The summed E-state index contributed by atoms with van der Waals surface area (Å²) in [7, 11) is 0. The summed E-state index contributed by atoms with van der Waals surface area (Å²) in [5, 5.41) is 10.8. The highest BCUT2D eigenvalue weighted by Crippen LogP contribution is 2.37. The minimum atomic E-state index is -0.664. The fourth-order valence-corrected chi connectivity index (χ4v) is 2.07. The standard InChI is InChI=1S/C13H14N2O5/c1-3-11-13(17)14(7-8(2)16)10-6-9(15(18)19)4-5-12(10)20-11/h4-6,11H,3,7H2,1-2H3. The van der Waals surface area contributed by atoms with E-state index in [-0.39, 0.29) is 29.6 Å². The first-order valence-corrected chi connectivity index (χ1v) is 6.20. The number of fused-ring (bicyclic) bond motifs is 1. The smallest absolute Gasteiger partial charge is 0.271 e. The van der Waals surface area contributed by atoms with Crippen LogP contribution >= 0.6 is 0 Å². The van der Waals surface area contributed by atoms with Gasteiger partial charge in [-0.3, -0.25) is 24.6 Å². The number of ketones is 1. The van der Waals surface area contributed by atoms with Crippen molar-refractivity contribution >= 4 is 23.1 Å². The molecule has 0 spiro atoms. The molecule has 1 aromatic rings. The lowest BCUT2D eigenvalue weighted by Gasteiger charge is -2.33. The van der Waals surface area contributed by atoms with E-state index < -0.39 is 11.0 Å². The molecule has 1 unspecified atom stereocenters.